The number of fused-ring (bicyclic) bond motifs is 1. The van der Waals surface area contributed by atoms with Crippen LogP contribution >= 0.6 is 0 Å². The fourth-order valence-corrected chi connectivity index (χ4v) is 5.73. The van der Waals surface area contributed by atoms with Gasteiger partial charge < -0.3 is 0 Å². The van der Waals surface area contributed by atoms with E-state index in [-0.39, 0.29) is 15.0 Å². The molecule has 1 aliphatic rings. The Kier molecular flexibility index (Phi) is 5.07. The molecule has 2 nitrogen and oxygen atoms in total. The number of rotatable bonds is 4. The van der Waals surface area contributed by atoms with Crippen molar-refractivity contribution >= 4 is 23.9 Å². The molecule has 25 heavy (non-hydrogen) atoms. The summed E-state index contributed by atoms with van der Waals surface area (Å²) >= 11 is 0.228. The van der Waals surface area contributed by atoms with E-state index in [2.05, 4.69) is 60.7 Å². The summed E-state index contributed by atoms with van der Waals surface area (Å²) in [6, 6.07) is 21.3. The van der Waals surface area contributed by atoms with Gasteiger partial charge in [0.05, 0.1) is 0 Å². The van der Waals surface area contributed by atoms with Crippen LogP contribution in [-0.2, 0) is 17.6 Å². The van der Waals surface area contributed by atoms with Crippen molar-refractivity contribution in [3.63, 3.8) is 0 Å². The maximum absolute atomic E-state index is 6.43. The topological polar surface area (TPSA) is 22.4 Å². The molecule has 0 amide bonds. The number of hydrogen-bond acceptors (Lipinski definition) is 2. The molecule has 128 valence electrons. The van der Waals surface area contributed by atoms with Gasteiger partial charge in [0.1, 0.15) is 0 Å². The summed E-state index contributed by atoms with van der Waals surface area (Å²) in [5.41, 5.74) is 2.57. The van der Waals surface area contributed by atoms with Crippen molar-refractivity contribution in [3.8, 4) is 11.3 Å². The quantitative estimate of drug-likeness (QED) is 0.497. The molecule has 1 heterocycles. The average Bonchev–Trinajstić information content (AvgIpc) is 2.87. The van der Waals surface area contributed by atoms with Gasteiger partial charge in [-0.25, -0.2) is 0 Å². The fourth-order valence-electron chi connectivity index (χ4n) is 3.42. The van der Waals surface area contributed by atoms with E-state index in [1.807, 2.05) is 7.11 Å². The normalized spacial score (nSPS) is 17.1. The number of furan rings is 1. The van der Waals surface area contributed by atoms with E-state index in [4.69, 9.17) is 9.15 Å². The van der Waals surface area contributed by atoms with Crippen LogP contribution in [0.1, 0.15) is 24.2 Å². The van der Waals surface area contributed by atoms with Gasteiger partial charge in [-0.1, -0.05) is 0 Å². The van der Waals surface area contributed by atoms with Crippen LogP contribution in [0.4, 0.5) is 0 Å². The van der Waals surface area contributed by atoms with E-state index in [0.29, 0.717) is 6.10 Å². The second kappa shape index (κ2) is 7.61. The number of aryl methyl sites for hydroxylation is 1. The molecular weight excluding hydrogens is 375 g/mol. The Morgan fingerprint density at radius 2 is 1.72 bits per heavy atom. The second-order valence-corrected chi connectivity index (χ2v) is 8.67. The van der Waals surface area contributed by atoms with Crippen molar-refractivity contribution < 1.29 is 9.15 Å². The van der Waals surface area contributed by atoms with E-state index in [1.165, 1.54) is 25.8 Å². The molecule has 0 aliphatic heterocycles. The molecular formula is C22H22O2Se. The minimum absolute atomic E-state index is 0.228. The van der Waals surface area contributed by atoms with Crippen LogP contribution in [0.3, 0.4) is 0 Å². The Morgan fingerprint density at radius 3 is 2.44 bits per heavy atom. The molecule has 3 aromatic rings. The number of methoxy groups -OCH3 is 1. The van der Waals surface area contributed by atoms with Gasteiger partial charge in [-0.2, -0.15) is 0 Å². The third kappa shape index (κ3) is 3.59. The van der Waals surface area contributed by atoms with E-state index in [1.54, 1.807) is 0 Å². The zero-order chi connectivity index (χ0) is 17.1. The Balaban J connectivity index is 1.81. The van der Waals surface area contributed by atoms with E-state index in [9.17, 15) is 0 Å². The van der Waals surface area contributed by atoms with E-state index in [0.717, 1.165) is 31.4 Å². The molecule has 0 saturated heterocycles. The third-order valence-corrected chi connectivity index (χ3v) is 7.14. The van der Waals surface area contributed by atoms with Gasteiger partial charge in [-0.3, -0.25) is 0 Å². The van der Waals surface area contributed by atoms with Crippen molar-refractivity contribution in [2.45, 2.75) is 31.8 Å². The SMILES string of the molecule is COC1CCCc2oc(-c3ccccc3)c([Se]c3ccccc3)c2C1. The van der Waals surface area contributed by atoms with Gasteiger partial charge in [0.25, 0.3) is 0 Å². The first-order valence-corrected chi connectivity index (χ1v) is 10.5. The number of hydrogen-bond donors (Lipinski definition) is 0. The average molecular weight is 397 g/mol. The molecule has 3 heteroatoms. The monoisotopic (exact) mass is 398 g/mol. The molecule has 0 N–H and O–H groups in total. The Labute approximate surface area is 155 Å². The summed E-state index contributed by atoms with van der Waals surface area (Å²) in [6.45, 7) is 0. The summed E-state index contributed by atoms with van der Waals surface area (Å²) < 4.78 is 14.9. The Bertz CT molecular complexity index is 824. The molecule has 1 aromatic heterocycles. The fraction of sp³-hybridized carbons (Fsp3) is 0.273. The number of ether oxygens (including phenoxy) is 1. The summed E-state index contributed by atoms with van der Waals surface area (Å²) in [7, 11) is 1.83. The van der Waals surface area contributed by atoms with Crippen LogP contribution in [0.5, 0.6) is 0 Å². The molecule has 1 aliphatic carbocycles. The van der Waals surface area contributed by atoms with Crippen molar-refractivity contribution in [1.82, 2.24) is 0 Å². The minimum atomic E-state index is 0.228. The van der Waals surface area contributed by atoms with Gasteiger partial charge in [0.15, 0.2) is 0 Å². The van der Waals surface area contributed by atoms with Crippen LogP contribution in [0, 0.1) is 0 Å². The van der Waals surface area contributed by atoms with E-state index < -0.39 is 0 Å². The zero-order valence-electron chi connectivity index (χ0n) is 14.4. The maximum atomic E-state index is 6.43. The Morgan fingerprint density at radius 1 is 1.00 bits per heavy atom. The zero-order valence-corrected chi connectivity index (χ0v) is 16.1. The summed E-state index contributed by atoms with van der Waals surface area (Å²) in [5, 5.41) is 0. The van der Waals surface area contributed by atoms with Gasteiger partial charge in [-0.05, 0) is 0 Å². The predicted molar refractivity (Wildman–Crippen MR) is 103 cm³/mol. The molecule has 2 aromatic carbocycles. The molecule has 1 unspecified atom stereocenters. The van der Waals surface area contributed by atoms with Crippen LogP contribution in [0.2, 0.25) is 0 Å². The van der Waals surface area contributed by atoms with Gasteiger partial charge in [-0.15, -0.1) is 0 Å². The van der Waals surface area contributed by atoms with Crippen molar-refractivity contribution in [2.75, 3.05) is 7.11 Å². The van der Waals surface area contributed by atoms with Crippen molar-refractivity contribution in [1.29, 1.82) is 0 Å². The summed E-state index contributed by atoms with van der Waals surface area (Å²) in [4.78, 5) is 0. The molecule has 0 fully saturated rings. The summed E-state index contributed by atoms with van der Waals surface area (Å²) in [6.07, 6.45) is 4.52. The molecule has 0 saturated carbocycles. The van der Waals surface area contributed by atoms with Crippen LogP contribution in [0.25, 0.3) is 11.3 Å². The second-order valence-electron chi connectivity index (χ2n) is 6.40. The number of benzene rings is 2. The predicted octanol–water partition coefficient (Wildman–Crippen LogP) is 3.50. The van der Waals surface area contributed by atoms with Gasteiger partial charge in [0, 0.05) is 0 Å². The molecule has 0 spiro atoms. The first-order chi connectivity index (χ1) is 12.3. The third-order valence-electron chi connectivity index (χ3n) is 4.74. The van der Waals surface area contributed by atoms with Crippen molar-refractivity contribution in [3.05, 3.63) is 72.0 Å². The summed E-state index contributed by atoms with van der Waals surface area (Å²) in [5.74, 6) is 2.23. The molecule has 4 rings (SSSR count). The Hall–Kier alpha value is -1.80. The van der Waals surface area contributed by atoms with Crippen molar-refractivity contribution in [2.24, 2.45) is 0 Å². The van der Waals surface area contributed by atoms with Gasteiger partial charge in [0.2, 0.25) is 0 Å². The molecule has 0 radical (unpaired) electrons. The molecule has 1 atom stereocenters. The van der Waals surface area contributed by atoms with Crippen LogP contribution < -0.4 is 8.92 Å². The van der Waals surface area contributed by atoms with Crippen LogP contribution in [-0.4, -0.2) is 28.2 Å². The van der Waals surface area contributed by atoms with Gasteiger partial charge >= 0.3 is 155 Å². The van der Waals surface area contributed by atoms with E-state index >= 15 is 0 Å². The van der Waals surface area contributed by atoms with Crippen LogP contribution in [0.15, 0.2) is 65.1 Å². The standard InChI is InChI=1S/C22H22O2Se/c1-23-17-11-8-14-20-19(15-17)22(25-18-12-6-3-7-13-18)21(24-20)16-9-4-2-5-10-16/h2-7,9-10,12-13,17H,8,11,14-15H2,1H3. The first kappa shape index (κ1) is 16.7. The first-order valence-electron chi connectivity index (χ1n) is 8.81. The molecule has 0 bridgehead atoms.